The smallest absolute Gasteiger partial charge is 0.207 e. The van der Waals surface area contributed by atoms with Crippen molar-refractivity contribution in [1.29, 1.82) is 0 Å². The molecule has 0 aromatic heterocycles. The Morgan fingerprint density at radius 1 is 0.612 bits per heavy atom. The van der Waals surface area contributed by atoms with E-state index in [1.165, 1.54) is 25.7 Å². The summed E-state index contributed by atoms with van der Waals surface area (Å²) in [6.07, 6.45) is 16.1. The van der Waals surface area contributed by atoms with Crippen LogP contribution in [0.1, 0.15) is 81.8 Å². The summed E-state index contributed by atoms with van der Waals surface area (Å²) in [6, 6.07) is 14.1. The zero-order valence-electron chi connectivity index (χ0n) is 28.8. The van der Waals surface area contributed by atoms with Crippen LogP contribution in [0, 0.1) is 49.4 Å². The molecule has 4 aliphatic carbocycles. The number of hydrogen-bond acceptors (Lipinski definition) is 4. The van der Waals surface area contributed by atoms with Gasteiger partial charge in [-0.25, -0.2) is 16.8 Å². The Morgan fingerprint density at radius 2 is 0.980 bits per heavy atom. The van der Waals surface area contributed by atoms with Crippen LogP contribution < -0.4 is 0 Å². The highest BCUT2D eigenvalue weighted by atomic mass is 127. The molecule has 0 saturated heterocycles. The largest absolute Gasteiger partial charge is 0.243 e. The SMILES string of the molecule is Cc1ccc(S(=O)(=O)N(CCCN([C@H]2C[C@H]3CCCC[C@@H]3[C@H]2/C=C/I)S(=O)(=O)c2ccc(C)cc2)[C@H]2C[C@H]3CCCC[C@@H]3[C@H]2/C=C/I)cc1. The Hall–Kier alpha value is -0.800. The molecular formula is C39H52I2N2O4S2. The molecule has 0 N–H and O–H groups in total. The van der Waals surface area contributed by atoms with Crippen LogP contribution >= 0.6 is 45.2 Å². The summed E-state index contributed by atoms with van der Waals surface area (Å²) in [4.78, 5) is 0.642. The zero-order chi connectivity index (χ0) is 34.8. The third-order valence-electron chi connectivity index (χ3n) is 12.2. The summed E-state index contributed by atoms with van der Waals surface area (Å²) in [7, 11) is -7.65. The molecule has 0 radical (unpaired) electrons. The van der Waals surface area contributed by atoms with Gasteiger partial charge in [0.05, 0.1) is 9.79 Å². The van der Waals surface area contributed by atoms with Crippen molar-refractivity contribution in [2.75, 3.05) is 13.1 Å². The summed E-state index contributed by atoms with van der Waals surface area (Å²) >= 11 is 4.56. The summed E-state index contributed by atoms with van der Waals surface area (Å²) in [5.41, 5.74) is 2.04. The van der Waals surface area contributed by atoms with Crippen molar-refractivity contribution in [3.8, 4) is 0 Å². The van der Waals surface area contributed by atoms with E-state index in [4.69, 9.17) is 0 Å². The van der Waals surface area contributed by atoms with E-state index in [2.05, 4.69) is 65.5 Å². The van der Waals surface area contributed by atoms with Gasteiger partial charge in [0, 0.05) is 25.2 Å². The lowest BCUT2D eigenvalue weighted by Gasteiger charge is -2.35. The maximum Gasteiger partial charge on any atom is 0.243 e. The van der Waals surface area contributed by atoms with E-state index in [-0.39, 0.29) is 37.0 Å². The first-order chi connectivity index (χ1) is 23.6. The van der Waals surface area contributed by atoms with Gasteiger partial charge in [-0.15, -0.1) is 0 Å². The standard InChI is InChI=1S/C39H52I2N2O4S2/c1-28-12-16-32(17-13-28)48(44,45)42(38-26-30-8-3-5-10-34(30)36(38)20-22-40)24-7-25-43(49(46,47)33-18-14-29(2)15-19-33)39-27-31-9-4-6-11-35(31)37(39)21-23-41/h12-23,30-31,34-39H,3-11,24-27H2,1-2H3/b22-20+,23-21+/t30-,31-,34+,35+,36-,37-,38+,39+/m1/s1. The molecule has 268 valence electrons. The first-order valence-electron chi connectivity index (χ1n) is 18.3. The fourth-order valence-corrected chi connectivity index (χ4v) is 14.3. The van der Waals surface area contributed by atoms with Crippen molar-refractivity contribution < 1.29 is 16.8 Å². The fraction of sp³-hybridized carbons (Fsp3) is 0.590. The van der Waals surface area contributed by atoms with E-state index in [1.807, 2.05) is 38.1 Å². The number of sulfonamides is 2. The predicted octanol–water partition coefficient (Wildman–Crippen LogP) is 9.66. The lowest BCUT2D eigenvalue weighted by Crippen LogP contribution is -2.46. The van der Waals surface area contributed by atoms with Crippen LogP contribution in [-0.4, -0.2) is 50.6 Å². The van der Waals surface area contributed by atoms with Crippen LogP contribution in [0.3, 0.4) is 0 Å². The lowest BCUT2D eigenvalue weighted by atomic mass is 9.78. The Balaban J connectivity index is 1.34. The first kappa shape index (κ1) is 37.9. The van der Waals surface area contributed by atoms with Crippen molar-refractivity contribution in [2.24, 2.45) is 35.5 Å². The average molecular weight is 931 g/mol. The van der Waals surface area contributed by atoms with Crippen molar-refractivity contribution >= 4 is 65.2 Å². The van der Waals surface area contributed by atoms with Crippen molar-refractivity contribution in [1.82, 2.24) is 8.61 Å². The van der Waals surface area contributed by atoms with Crippen molar-refractivity contribution in [3.63, 3.8) is 0 Å². The molecule has 0 unspecified atom stereocenters. The van der Waals surface area contributed by atoms with Gasteiger partial charge in [0.25, 0.3) is 0 Å². The van der Waals surface area contributed by atoms with Crippen LogP contribution in [0.15, 0.2) is 78.6 Å². The molecule has 6 rings (SSSR count). The molecule has 6 nitrogen and oxygen atoms in total. The highest BCUT2D eigenvalue weighted by Crippen LogP contribution is 2.51. The number of halogens is 2. The molecule has 4 fully saturated rings. The average Bonchev–Trinajstić information content (AvgIpc) is 3.63. The number of hydrogen-bond donors (Lipinski definition) is 0. The van der Waals surface area contributed by atoms with Gasteiger partial charge in [0.15, 0.2) is 0 Å². The van der Waals surface area contributed by atoms with E-state index >= 15 is 0 Å². The molecule has 4 aliphatic rings. The minimum absolute atomic E-state index is 0.142. The van der Waals surface area contributed by atoms with Gasteiger partial charge in [-0.2, -0.15) is 8.61 Å². The van der Waals surface area contributed by atoms with E-state index < -0.39 is 20.0 Å². The Bertz CT molecular complexity index is 1570. The fourth-order valence-electron chi connectivity index (χ4n) is 9.91. The van der Waals surface area contributed by atoms with Crippen LogP contribution in [-0.2, 0) is 20.0 Å². The topological polar surface area (TPSA) is 74.8 Å². The molecule has 0 bridgehead atoms. The van der Waals surface area contributed by atoms with Gasteiger partial charge in [-0.1, -0.05) is 131 Å². The number of rotatable bonds is 12. The number of nitrogens with zero attached hydrogens (tertiary/aromatic N) is 2. The van der Waals surface area contributed by atoms with Crippen molar-refractivity contribution in [3.05, 3.63) is 80.0 Å². The first-order valence-corrected chi connectivity index (χ1v) is 23.6. The Labute approximate surface area is 323 Å². The number of aryl methyl sites for hydroxylation is 2. The molecule has 0 aliphatic heterocycles. The van der Waals surface area contributed by atoms with E-state index in [0.29, 0.717) is 39.9 Å². The highest BCUT2D eigenvalue weighted by molar-refractivity contribution is 14.1. The molecule has 8 atom stereocenters. The second kappa shape index (κ2) is 16.5. The second-order valence-electron chi connectivity index (χ2n) is 15.0. The van der Waals surface area contributed by atoms with E-state index in [1.54, 1.807) is 32.9 Å². The van der Waals surface area contributed by atoms with Crippen LogP contribution in [0.4, 0.5) is 0 Å². The molecule has 2 aromatic rings. The van der Waals surface area contributed by atoms with E-state index in [9.17, 15) is 16.8 Å². The Kier molecular flexibility index (Phi) is 12.8. The summed E-state index contributed by atoms with van der Waals surface area (Å²) in [6.45, 7) is 4.52. The van der Waals surface area contributed by atoms with Gasteiger partial charge in [0.2, 0.25) is 20.0 Å². The molecule has 0 spiro atoms. The van der Waals surface area contributed by atoms with Gasteiger partial charge in [0.1, 0.15) is 0 Å². The molecule has 4 saturated carbocycles. The summed E-state index contributed by atoms with van der Waals surface area (Å²) in [5.74, 6) is 2.33. The number of benzene rings is 2. The molecule has 0 heterocycles. The molecule has 2 aromatic carbocycles. The molecule has 0 amide bonds. The zero-order valence-corrected chi connectivity index (χ0v) is 34.8. The van der Waals surface area contributed by atoms with Gasteiger partial charge in [-0.05, 0) is 114 Å². The summed E-state index contributed by atoms with van der Waals surface area (Å²) < 4.78 is 66.2. The number of fused-ring (bicyclic) bond motifs is 2. The van der Waals surface area contributed by atoms with Gasteiger partial charge >= 0.3 is 0 Å². The molecular weight excluding hydrogens is 878 g/mol. The third-order valence-corrected chi connectivity index (χ3v) is 17.0. The minimum atomic E-state index is -3.82. The minimum Gasteiger partial charge on any atom is -0.207 e. The monoisotopic (exact) mass is 930 g/mol. The molecule has 49 heavy (non-hydrogen) atoms. The van der Waals surface area contributed by atoms with Crippen LogP contribution in [0.2, 0.25) is 0 Å². The lowest BCUT2D eigenvalue weighted by molar-refractivity contribution is 0.222. The van der Waals surface area contributed by atoms with Gasteiger partial charge in [-0.3, -0.25) is 0 Å². The highest BCUT2D eigenvalue weighted by Gasteiger charge is 2.50. The van der Waals surface area contributed by atoms with Gasteiger partial charge < -0.3 is 0 Å². The second-order valence-corrected chi connectivity index (χ2v) is 20.2. The maximum absolute atomic E-state index is 14.6. The summed E-state index contributed by atoms with van der Waals surface area (Å²) in [5, 5.41) is 0. The normalized spacial score (nSPS) is 30.8. The molecule has 10 heteroatoms. The van der Waals surface area contributed by atoms with Crippen LogP contribution in [0.5, 0.6) is 0 Å². The van der Waals surface area contributed by atoms with Crippen molar-refractivity contribution in [2.45, 2.75) is 106 Å². The predicted molar refractivity (Wildman–Crippen MR) is 216 cm³/mol. The van der Waals surface area contributed by atoms with Crippen LogP contribution in [0.25, 0.3) is 0 Å². The quantitative estimate of drug-likeness (QED) is 0.199. The maximum atomic E-state index is 14.6. The van der Waals surface area contributed by atoms with E-state index in [0.717, 1.165) is 49.7 Å². The third kappa shape index (κ3) is 8.09. The Morgan fingerprint density at radius 3 is 1.35 bits per heavy atom.